The topological polar surface area (TPSA) is 66.8 Å². The Balaban J connectivity index is 2.18. The Morgan fingerprint density at radius 3 is 2.86 bits per heavy atom. The molecule has 1 aromatic carbocycles. The lowest BCUT2D eigenvalue weighted by Crippen LogP contribution is -2.37. The number of amides is 1. The van der Waals surface area contributed by atoms with Crippen LogP contribution < -0.4 is 0 Å². The molecule has 2 atom stereocenters. The molecule has 2 rings (SSSR count). The van der Waals surface area contributed by atoms with E-state index in [1.165, 1.54) is 19.2 Å². The first-order chi connectivity index (χ1) is 9.90. The van der Waals surface area contributed by atoms with Gasteiger partial charge in [0.05, 0.1) is 17.0 Å². The van der Waals surface area contributed by atoms with Crippen molar-refractivity contribution >= 4 is 23.5 Å². The van der Waals surface area contributed by atoms with Crippen LogP contribution in [0.15, 0.2) is 18.2 Å². The van der Waals surface area contributed by atoms with Crippen LogP contribution in [0.25, 0.3) is 0 Å². The summed E-state index contributed by atoms with van der Waals surface area (Å²) in [7, 11) is 1.42. The molecule has 0 radical (unpaired) electrons. The quantitative estimate of drug-likeness (QED) is 0.924. The minimum absolute atomic E-state index is 0.00242. The van der Waals surface area contributed by atoms with Gasteiger partial charge < -0.3 is 14.7 Å². The van der Waals surface area contributed by atoms with E-state index in [2.05, 4.69) is 0 Å². The van der Waals surface area contributed by atoms with Crippen molar-refractivity contribution in [1.29, 1.82) is 0 Å². The number of carboxylic acids is 1. The minimum atomic E-state index is -1.08. The highest BCUT2D eigenvalue weighted by Crippen LogP contribution is 2.36. The van der Waals surface area contributed by atoms with E-state index in [9.17, 15) is 14.0 Å². The molecule has 7 heteroatoms. The molecule has 1 aliphatic heterocycles. The largest absolute Gasteiger partial charge is 0.480 e. The summed E-state index contributed by atoms with van der Waals surface area (Å²) in [5.41, 5.74) is 0.525. The summed E-state index contributed by atoms with van der Waals surface area (Å²) in [6, 6.07) is 4.27. The Bertz CT molecular complexity index is 566. The maximum absolute atomic E-state index is 13.5. The van der Waals surface area contributed by atoms with Crippen molar-refractivity contribution in [2.75, 3.05) is 20.2 Å². The molecule has 0 spiro atoms. The van der Waals surface area contributed by atoms with Gasteiger partial charge in [-0.2, -0.15) is 0 Å². The van der Waals surface area contributed by atoms with Crippen LogP contribution in [0, 0.1) is 11.7 Å². The third-order valence-corrected chi connectivity index (χ3v) is 3.74. The number of rotatable bonds is 4. The number of carbonyl (C=O) groups excluding carboxylic acids is 1. The molecule has 1 N–H and O–H groups in total. The third-order valence-electron chi connectivity index (χ3n) is 3.43. The van der Waals surface area contributed by atoms with Gasteiger partial charge in [0.15, 0.2) is 0 Å². The first kappa shape index (κ1) is 15.7. The maximum Gasteiger partial charge on any atom is 0.323 e. The van der Waals surface area contributed by atoms with E-state index in [0.717, 1.165) is 4.90 Å². The zero-order valence-electron chi connectivity index (χ0n) is 11.4. The van der Waals surface area contributed by atoms with Crippen molar-refractivity contribution in [2.24, 2.45) is 5.92 Å². The van der Waals surface area contributed by atoms with Crippen molar-refractivity contribution in [3.8, 4) is 0 Å². The Hall–Kier alpha value is -1.66. The van der Waals surface area contributed by atoms with Gasteiger partial charge in [-0.1, -0.05) is 17.7 Å². The molecule has 21 heavy (non-hydrogen) atoms. The number of nitrogens with zero attached hydrogens (tertiary/aromatic N) is 1. The smallest absolute Gasteiger partial charge is 0.323 e. The average molecular weight is 316 g/mol. The van der Waals surface area contributed by atoms with Crippen LogP contribution in [0.3, 0.4) is 0 Å². The van der Waals surface area contributed by atoms with Crippen LogP contribution in [-0.2, 0) is 14.3 Å². The van der Waals surface area contributed by atoms with Crippen LogP contribution in [0.1, 0.15) is 18.1 Å². The van der Waals surface area contributed by atoms with Gasteiger partial charge >= 0.3 is 5.97 Å². The molecule has 5 nitrogen and oxygen atoms in total. The second-order valence-corrected chi connectivity index (χ2v) is 5.36. The van der Waals surface area contributed by atoms with Gasteiger partial charge in [0.25, 0.3) is 0 Å². The van der Waals surface area contributed by atoms with Gasteiger partial charge in [0.2, 0.25) is 5.91 Å². The highest BCUT2D eigenvalue weighted by Gasteiger charge is 2.37. The normalized spacial score (nSPS) is 21.3. The summed E-state index contributed by atoms with van der Waals surface area (Å²) in [6.45, 7) is -0.0107. The van der Waals surface area contributed by atoms with Gasteiger partial charge in [-0.25, -0.2) is 4.39 Å². The highest BCUT2D eigenvalue weighted by molar-refractivity contribution is 6.30. The van der Waals surface area contributed by atoms with Gasteiger partial charge in [0, 0.05) is 13.7 Å². The van der Waals surface area contributed by atoms with E-state index in [-0.39, 0.29) is 17.5 Å². The lowest BCUT2D eigenvalue weighted by Gasteiger charge is -2.23. The molecule has 1 aliphatic rings. The standard InChI is InChI=1S/C14H15ClFNO4/c1-17(7-12(18)19)14(20)9-4-5-21-13(9)8-2-3-10(15)11(16)6-8/h2-3,6,9,13H,4-5,7H2,1H3,(H,18,19)/t9-,13+/m1/s1. The number of hydrogen-bond donors (Lipinski definition) is 1. The van der Waals surface area contributed by atoms with Gasteiger partial charge in [-0.05, 0) is 24.1 Å². The molecule has 1 amide bonds. The molecular formula is C14H15ClFNO4. The molecule has 1 aromatic rings. The van der Waals surface area contributed by atoms with Crippen molar-refractivity contribution in [1.82, 2.24) is 4.90 Å². The summed E-state index contributed by atoms with van der Waals surface area (Å²) in [6.07, 6.45) is -0.113. The fourth-order valence-electron chi connectivity index (χ4n) is 2.42. The summed E-state index contributed by atoms with van der Waals surface area (Å²) < 4.78 is 19.0. The molecule has 0 unspecified atom stereocenters. The van der Waals surface area contributed by atoms with Crippen LogP contribution >= 0.6 is 11.6 Å². The van der Waals surface area contributed by atoms with Crippen molar-refractivity contribution in [3.05, 3.63) is 34.6 Å². The highest BCUT2D eigenvalue weighted by atomic mass is 35.5. The summed E-state index contributed by atoms with van der Waals surface area (Å²) in [5, 5.41) is 8.74. The fourth-order valence-corrected chi connectivity index (χ4v) is 2.54. The molecule has 0 bridgehead atoms. The monoisotopic (exact) mass is 315 g/mol. The second-order valence-electron chi connectivity index (χ2n) is 4.95. The van der Waals surface area contributed by atoms with E-state index < -0.39 is 23.8 Å². The van der Waals surface area contributed by atoms with Crippen LogP contribution in [0.5, 0.6) is 0 Å². The number of likely N-dealkylation sites (N-methyl/N-ethyl adjacent to an activating group) is 1. The van der Waals surface area contributed by atoms with Crippen molar-refractivity contribution in [2.45, 2.75) is 12.5 Å². The first-order valence-corrected chi connectivity index (χ1v) is 6.81. The molecule has 1 fully saturated rings. The number of benzene rings is 1. The van der Waals surface area contributed by atoms with Gasteiger partial charge in [-0.3, -0.25) is 9.59 Å². The zero-order valence-corrected chi connectivity index (χ0v) is 12.1. The minimum Gasteiger partial charge on any atom is -0.480 e. The van der Waals surface area contributed by atoms with Crippen LogP contribution in [0.4, 0.5) is 4.39 Å². The second kappa shape index (κ2) is 6.41. The number of carbonyl (C=O) groups is 2. The summed E-state index contributed by atoms with van der Waals surface area (Å²) >= 11 is 5.64. The van der Waals surface area contributed by atoms with Crippen molar-refractivity contribution in [3.63, 3.8) is 0 Å². The summed E-state index contributed by atoms with van der Waals surface area (Å²) in [5.74, 6) is -2.50. The molecule has 0 saturated carbocycles. The molecule has 1 heterocycles. The number of halogens is 2. The van der Waals surface area contributed by atoms with Crippen LogP contribution in [-0.4, -0.2) is 42.1 Å². The maximum atomic E-state index is 13.5. The van der Waals surface area contributed by atoms with Gasteiger partial charge in [-0.15, -0.1) is 0 Å². The number of carboxylic acid groups (broad SMARTS) is 1. The summed E-state index contributed by atoms with van der Waals surface area (Å²) in [4.78, 5) is 24.1. The van der Waals surface area contributed by atoms with Gasteiger partial charge in [0.1, 0.15) is 12.4 Å². The van der Waals surface area contributed by atoms with Crippen molar-refractivity contribution < 1.29 is 23.8 Å². The number of hydrogen-bond acceptors (Lipinski definition) is 3. The predicted molar refractivity (Wildman–Crippen MR) is 73.5 cm³/mol. The Kier molecular flexibility index (Phi) is 4.80. The third kappa shape index (κ3) is 3.51. The molecule has 0 aromatic heterocycles. The predicted octanol–water partition coefficient (Wildman–Crippen LogP) is 2.10. The number of aliphatic carboxylic acids is 1. The first-order valence-electron chi connectivity index (χ1n) is 6.43. The Labute approximate surface area is 126 Å². The lowest BCUT2D eigenvalue weighted by molar-refractivity contribution is -0.146. The Morgan fingerprint density at radius 2 is 2.24 bits per heavy atom. The van der Waals surface area contributed by atoms with E-state index >= 15 is 0 Å². The average Bonchev–Trinajstić information content (AvgIpc) is 2.89. The van der Waals surface area contributed by atoms with E-state index in [4.69, 9.17) is 21.4 Å². The number of ether oxygens (including phenoxy) is 1. The lowest BCUT2D eigenvalue weighted by atomic mass is 9.94. The van der Waals surface area contributed by atoms with E-state index in [1.807, 2.05) is 0 Å². The Morgan fingerprint density at radius 1 is 1.52 bits per heavy atom. The fraction of sp³-hybridized carbons (Fsp3) is 0.429. The van der Waals surface area contributed by atoms with E-state index in [1.54, 1.807) is 6.07 Å². The molecule has 1 saturated heterocycles. The zero-order chi connectivity index (χ0) is 15.6. The molecule has 0 aliphatic carbocycles. The molecule has 114 valence electrons. The molecular weight excluding hydrogens is 301 g/mol. The SMILES string of the molecule is CN(CC(=O)O)C(=O)[C@@H]1CCO[C@H]1c1ccc(Cl)c(F)c1. The van der Waals surface area contributed by atoms with Crippen LogP contribution in [0.2, 0.25) is 5.02 Å². The van der Waals surface area contributed by atoms with E-state index in [0.29, 0.717) is 18.6 Å².